The molecule has 15 rings (SSSR count). The highest BCUT2D eigenvalue weighted by atomic mass is 28.3. The van der Waals surface area contributed by atoms with Gasteiger partial charge in [0.05, 0.1) is 93.4 Å². The summed E-state index contributed by atoms with van der Waals surface area (Å²) in [5, 5.41) is 0. The molecule has 0 saturated carbocycles. The van der Waals surface area contributed by atoms with E-state index in [0.717, 1.165) is 33.4 Å². The Morgan fingerprint density at radius 3 is 0.956 bits per heavy atom. The van der Waals surface area contributed by atoms with Crippen molar-refractivity contribution in [3.8, 4) is 0 Å². The zero-order valence-corrected chi connectivity index (χ0v) is 76.8. The highest BCUT2D eigenvalue weighted by molar-refractivity contribution is 6.76. The van der Waals surface area contributed by atoms with Crippen LogP contribution in [0.2, 0.25) is 25.7 Å². The second-order valence-corrected chi connectivity index (χ2v) is 40.0. The van der Waals surface area contributed by atoms with Crippen molar-refractivity contribution in [3.63, 3.8) is 0 Å². The van der Waals surface area contributed by atoms with Gasteiger partial charge in [0.1, 0.15) is 73.8 Å². The van der Waals surface area contributed by atoms with Crippen molar-refractivity contribution in [1.29, 1.82) is 0 Å². The number of carbonyl (C=O) groups is 5. The van der Waals surface area contributed by atoms with Crippen molar-refractivity contribution in [2.75, 3.05) is 33.0 Å². The molecule has 0 amide bonds. The Kier molecular flexibility index (Phi) is 35.9. The Labute approximate surface area is 787 Å². The molecule has 4 aliphatic rings. The highest BCUT2D eigenvalue weighted by Crippen LogP contribution is 2.42. The summed E-state index contributed by atoms with van der Waals surface area (Å²) in [7, 11) is -1.97. The fraction of sp³-hybridized carbons (Fsp3) is 0.330. The van der Waals surface area contributed by atoms with Gasteiger partial charge < -0.3 is 94.7 Å². The summed E-state index contributed by atoms with van der Waals surface area (Å²) in [5.74, 6) is -4.51. The van der Waals surface area contributed by atoms with Crippen LogP contribution >= 0.6 is 0 Å². The van der Waals surface area contributed by atoms with Crippen LogP contribution < -0.4 is 0 Å². The molecule has 0 spiro atoms. The van der Waals surface area contributed by atoms with E-state index >= 15 is 19.2 Å². The number of ether oxygens (including phenoxy) is 20. The molecule has 25 nitrogen and oxygen atoms in total. The van der Waals surface area contributed by atoms with Gasteiger partial charge in [0.25, 0.3) is 0 Å². The summed E-state index contributed by atoms with van der Waals surface area (Å²) in [6.07, 6.45) is -28.7. The molecule has 4 heterocycles. The number of hydrogen-bond donors (Lipinski definition) is 0. The molecule has 0 N–H and O–H groups in total. The summed E-state index contributed by atoms with van der Waals surface area (Å²) in [6, 6.07) is 99.2. The number of hydrogen-bond acceptors (Lipinski definition) is 25. The third-order valence-electron chi connectivity index (χ3n) is 23.2. The first-order chi connectivity index (χ1) is 66.0. The Hall–Kier alpha value is -11.9. The van der Waals surface area contributed by atoms with Gasteiger partial charge in [0, 0.05) is 14.7 Å². The third-order valence-corrected chi connectivity index (χ3v) is 24.9. The van der Waals surface area contributed by atoms with Gasteiger partial charge in [-0.2, -0.15) is 0 Å². The topological polar surface area (TPSA) is 270 Å². The van der Waals surface area contributed by atoms with E-state index in [1.165, 1.54) is 24.3 Å². The summed E-state index contributed by atoms with van der Waals surface area (Å²) < 4.78 is 143. The molecule has 11 aromatic carbocycles. The molecule has 0 bridgehead atoms. The van der Waals surface area contributed by atoms with Crippen LogP contribution in [0.3, 0.4) is 0 Å². The van der Waals surface area contributed by atoms with Crippen LogP contribution in [0.1, 0.15) is 92.1 Å². The zero-order valence-electron chi connectivity index (χ0n) is 75.8. The zero-order chi connectivity index (χ0) is 93.5. The van der Waals surface area contributed by atoms with Gasteiger partial charge in [0.15, 0.2) is 49.6 Å². The molecule has 0 aliphatic carbocycles. The van der Waals surface area contributed by atoms with E-state index in [9.17, 15) is 4.79 Å². The van der Waals surface area contributed by atoms with Gasteiger partial charge in [-0.25, -0.2) is 24.0 Å². The van der Waals surface area contributed by atoms with E-state index in [1.54, 1.807) is 140 Å². The number of rotatable bonds is 44. The standard InChI is InChI=1S/C109H114O25Si/c1-6-62-117-94-91(120-68-78-46-24-10-25-47-78)87(72-116-66-76-42-20-8-21-43-76)127-109(98(94)134-107-97(122-70-80-50-28-12-29-51-80)93(121-69-79-48-26-11-27-49-79)90(119-67-77-44-22-9-23-45-77)86(126-107)71-115-65-75-40-18-7-19-41-75)132-89-74(2)124-108(100(131-105(114)85-60-38-17-39-61-85)95(89)129-103(112)83-56-34-15-35-57-83)133-96-92(128-102(111)82-54-32-14-33-55-82)88(73-123-101(110)81-52-30-13-31-53-81)125-106(118-63-64-135(3,4)5)99(96)130-104(113)84-58-36-16-37-59-84/h6-61,74,86-100,106-109H,1,62-73H2,2-5H3/t74-,86+,87+,88+,89-,90-,91+,92-,93-,94-,95+,96-,97+,98-,99+,100+,106+,107+,108-,109+/m0/s1. The van der Waals surface area contributed by atoms with Crippen molar-refractivity contribution >= 4 is 37.9 Å². The molecule has 4 aliphatic heterocycles. The minimum absolute atomic E-state index is 0.00567. The summed E-state index contributed by atoms with van der Waals surface area (Å²) in [4.78, 5) is 76.2. The van der Waals surface area contributed by atoms with Gasteiger partial charge in [0.2, 0.25) is 0 Å². The van der Waals surface area contributed by atoms with Gasteiger partial charge in [-0.3, -0.25) is 0 Å². The van der Waals surface area contributed by atoms with E-state index in [2.05, 4.69) is 26.2 Å². The average Bonchev–Trinajstić information content (AvgIpc) is 0.755. The van der Waals surface area contributed by atoms with Gasteiger partial charge in [-0.15, -0.1) is 6.58 Å². The van der Waals surface area contributed by atoms with Crippen LogP contribution in [0.25, 0.3) is 0 Å². The molecule has 0 unspecified atom stereocenters. The SMILES string of the molecule is C=CCO[C@@H]1[C@H](O[C@H]2O[C@H](COCc3ccccc3)[C@H](OCc3ccccc3)[C@H](OCc3ccccc3)[C@H]2OCc2ccccc2)[C@@H](O[C@@H]2[C@@H](OC(=O)c3ccccc3)[C@@H](OC(=O)c3ccccc3)[C@H](O[C@H]3[C@@H](OC(=O)c4ccccc4)[C@@H](COC(=O)c4ccccc4)O[C@@H](OCC[Si](C)(C)C)[C@@H]3OC(=O)c3ccccc3)O[C@H]2C)O[C@H](COCc2ccccc2)[C@H]1OCc1ccccc1. The van der Waals surface area contributed by atoms with Crippen molar-refractivity contribution in [2.24, 2.45) is 0 Å². The number of carbonyl (C=O) groups excluding carboxylic acids is 5. The minimum atomic E-state index is -2.00. The van der Waals surface area contributed by atoms with Crippen LogP contribution in [0, 0.1) is 0 Å². The molecule has 135 heavy (non-hydrogen) atoms. The second-order valence-electron chi connectivity index (χ2n) is 34.4. The largest absolute Gasteiger partial charge is 0.459 e. The quantitative estimate of drug-likeness (QED) is 0.0149. The van der Waals surface area contributed by atoms with E-state index in [1.807, 2.05) is 182 Å². The lowest BCUT2D eigenvalue weighted by Crippen LogP contribution is -2.69. The van der Waals surface area contributed by atoms with Crippen molar-refractivity contribution in [2.45, 2.75) is 195 Å². The second kappa shape index (κ2) is 49.6. The van der Waals surface area contributed by atoms with Crippen LogP contribution in [0.5, 0.6) is 0 Å². The van der Waals surface area contributed by atoms with Crippen molar-refractivity contribution in [1.82, 2.24) is 0 Å². The highest BCUT2D eigenvalue weighted by Gasteiger charge is 2.61. The fourth-order valence-electron chi connectivity index (χ4n) is 16.3. The first kappa shape index (κ1) is 97.7. The molecular weight excluding hydrogens is 1740 g/mol. The number of esters is 5. The van der Waals surface area contributed by atoms with Crippen molar-refractivity contribution in [3.05, 3.63) is 408 Å². The summed E-state index contributed by atoms with van der Waals surface area (Å²) >= 11 is 0. The normalized spacial score (nSPS) is 25.0. The molecule has 704 valence electrons. The first-order valence-corrected chi connectivity index (χ1v) is 49.3. The molecule has 20 atom stereocenters. The molecule has 0 radical (unpaired) electrons. The molecule has 26 heteroatoms. The van der Waals surface area contributed by atoms with Crippen molar-refractivity contribution < 1.29 is 119 Å². The Morgan fingerprint density at radius 1 is 0.281 bits per heavy atom. The fourth-order valence-corrected chi connectivity index (χ4v) is 17.0. The maximum absolute atomic E-state index is 15.8. The van der Waals surface area contributed by atoms with Crippen LogP contribution in [-0.4, -0.2) is 194 Å². The maximum Gasteiger partial charge on any atom is 0.338 e. The predicted molar refractivity (Wildman–Crippen MR) is 501 cm³/mol. The lowest BCUT2D eigenvalue weighted by molar-refractivity contribution is -0.400. The third kappa shape index (κ3) is 27.7. The van der Waals surface area contributed by atoms with Crippen LogP contribution in [-0.2, 0) is 134 Å². The minimum Gasteiger partial charge on any atom is -0.459 e. The lowest BCUT2D eigenvalue weighted by atomic mass is 9.94. The molecule has 0 aromatic heterocycles. The van der Waals surface area contributed by atoms with Crippen LogP contribution in [0.4, 0.5) is 0 Å². The van der Waals surface area contributed by atoms with E-state index in [-0.39, 0.29) is 93.9 Å². The summed E-state index contributed by atoms with van der Waals surface area (Å²) in [5.41, 5.74) is 5.44. The molecule has 4 saturated heterocycles. The molecule has 11 aromatic rings. The number of benzene rings is 11. The predicted octanol–water partition coefficient (Wildman–Crippen LogP) is 17.5. The Balaban J connectivity index is 0.896. The monoisotopic (exact) mass is 1850 g/mol. The van der Waals surface area contributed by atoms with E-state index in [4.69, 9.17) is 94.7 Å². The average molecular weight is 1850 g/mol. The Bertz CT molecular complexity index is 5420. The summed E-state index contributed by atoms with van der Waals surface area (Å²) in [6.45, 7) is 11.7. The Morgan fingerprint density at radius 2 is 0.570 bits per heavy atom. The molecular formula is C109H114O25Si. The van der Waals surface area contributed by atoms with Gasteiger partial charge in [-0.1, -0.05) is 299 Å². The smallest absolute Gasteiger partial charge is 0.338 e. The molecule has 4 fully saturated rings. The van der Waals surface area contributed by atoms with E-state index < -0.39 is 167 Å². The van der Waals surface area contributed by atoms with Gasteiger partial charge >= 0.3 is 29.8 Å². The maximum atomic E-state index is 15.8. The lowest BCUT2D eigenvalue weighted by Gasteiger charge is -2.52. The first-order valence-electron chi connectivity index (χ1n) is 45.6. The van der Waals surface area contributed by atoms with E-state index in [0.29, 0.717) is 6.04 Å². The van der Waals surface area contributed by atoms with Gasteiger partial charge in [-0.05, 0) is 107 Å². The van der Waals surface area contributed by atoms with Crippen LogP contribution in [0.15, 0.2) is 346 Å².